The van der Waals surface area contributed by atoms with Crippen LogP contribution in [0.5, 0.6) is 0 Å². The first-order valence-corrected chi connectivity index (χ1v) is 25.0. The van der Waals surface area contributed by atoms with Crippen LogP contribution in [0.2, 0.25) is 0 Å². The Bertz CT molecular complexity index is 3380. The predicted octanol–water partition coefficient (Wildman–Crippen LogP) is 16.3. The van der Waals surface area contributed by atoms with Crippen molar-refractivity contribution in [3.63, 3.8) is 0 Å². The van der Waals surface area contributed by atoms with Gasteiger partial charge >= 0.3 is 6.85 Å². The topological polar surface area (TPSA) is 19.6 Å². The summed E-state index contributed by atoms with van der Waals surface area (Å²) in [6.45, 7) is 29.0. The average Bonchev–Trinajstić information content (AvgIpc) is 3.68. The van der Waals surface area contributed by atoms with Crippen LogP contribution in [0, 0.1) is 6.92 Å². The lowest BCUT2D eigenvalue weighted by molar-refractivity contribution is 0.332. The minimum absolute atomic E-state index is 0.0343. The summed E-state index contributed by atoms with van der Waals surface area (Å²) >= 11 is 0. The SMILES string of the molecule is Cc1cc2c(cc1N1c3ccc(-c4ccccc4)cc3B3c4c(cc(C(C)(C)C)cc41)-c1ccc4oc5ccccc5c4c1N3c1ccc3c(c1)C(C)(C)CCC3(C)C)C(C)(C)CCC2(C)C. The third-order valence-corrected chi connectivity index (χ3v) is 17.0. The van der Waals surface area contributed by atoms with Gasteiger partial charge in [-0.2, -0.15) is 0 Å². The molecule has 67 heavy (non-hydrogen) atoms. The van der Waals surface area contributed by atoms with Crippen LogP contribution in [-0.4, -0.2) is 6.85 Å². The first-order chi connectivity index (χ1) is 31.7. The molecule has 0 atom stereocenters. The highest BCUT2D eigenvalue weighted by molar-refractivity contribution is 6.94. The van der Waals surface area contributed by atoms with E-state index >= 15 is 0 Å². The van der Waals surface area contributed by atoms with Gasteiger partial charge in [-0.05, 0) is 169 Å². The van der Waals surface area contributed by atoms with Crippen molar-refractivity contribution in [2.45, 2.75) is 136 Å². The maximum Gasteiger partial charge on any atom is 0.333 e. The van der Waals surface area contributed by atoms with E-state index in [9.17, 15) is 0 Å². The molecule has 336 valence electrons. The molecule has 0 saturated carbocycles. The second-order valence-corrected chi connectivity index (χ2v) is 24.3. The molecule has 0 amide bonds. The van der Waals surface area contributed by atoms with Crippen LogP contribution in [0.4, 0.5) is 28.4 Å². The van der Waals surface area contributed by atoms with E-state index in [2.05, 4.69) is 220 Å². The van der Waals surface area contributed by atoms with Crippen molar-refractivity contribution in [1.82, 2.24) is 0 Å². The van der Waals surface area contributed by atoms with E-state index in [0.29, 0.717) is 0 Å². The van der Waals surface area contributed by atoms with Crippen molar-refractivity contribution in [2.75, 3.05) is 9.71 Å². The zero-order chi connectivity index (χ0) is 46.7. The second-order valence-electron chi connectivity index (χ2n) is 24.3. The third kappa shape index (κ3) is 6.23. The van der Waals surface area contributed by atoms with Crippen molar-refractivity contribution >= 4 is 68.1 Å². The maximum absolute atomic E-state index is 6.80. The molecule has 2 aliphatic carbocycles. The largest absolute Gasteiger partial charge is 0.456 e. The normalized spacial score (nSPS) is 18.3. The Balaban J connectivity index is 1.25. The van der Waals surface area contributed by atoms with Crippen molar-refractivity contribution < 1.29 is 4.42 Å². The number of nitrogens with zero attached hydrogens (tertiary/aromatic N) is 2. The summed E-state index contributed by atoms with van der Waals surface area (Å²) in [5.74, 6) is 0. The molecule has 3 nitrogen and oxygen atoms in total. The molecule has 7 aromatic carbocycles. The molecule has 4 heteroatoms. The fraction of sp³-hybridized carbons (Fsp3) is 0.333. The number of fused-ring (bicyclic) bond motifs is 10. The zero-order valence-electron chi connectivity index (χ0n) is 41.8. The first kappa shape index (κ1) is 42.4. The molecule has 3 heterocycles. The standard InChI is InChI=1S/C63H65BN2O/c1-38-32-47-49(63(11,12)31-30-61(47,7)8)37-52(38)65-51-26-22-40(39-18-14-13-15-19-39)33-50(51)64-57-45(34-41(35-53(57)65)59(2,3)4)43-24-27-55-56(44-20-16-17-21-54(44)67-55)58(43)66(64)42-23-25-46-48(36-42)62(9,10)29-28-60(46,5)6/h13-27,32-37H,28-31H2,1-12H3. The molecule has 4 aliphatic rings. The molecule has 8 aromatic rings. The molecule has 0 saturated heterocycles. The number of aryl methyl sites for hydroxylation is 1. The Labute approximate surface area is 399 Å². The van der Waals surface area contributed by atoms with E-state index in [1.165, 1.54) is 120 Å². The lowest BCUT2D eigenvalue weighted by atomic mass is 9.43. The van der Waals surface area contributed by atoms with E-state index in [1.807, 2.05) is 0 Å². The monoisotopic (exact) mass is 877 g/mol. The molecule has 0 spiro atoms. The predicted molar refractivity (Wildman–Crippen MR) is 287 cm³/mol. The van der Waals surface area contributed by atoms with Crippen LogP contribution in [-0.2, 0) is 27.1 Å². The average molecular weight is 877 g/mol. The highest BCUT2D eigenvalue weighted by Crippen LogP contribution is 2.55. The number of para-hydroxylation sites is 1. The zero-order valence-corrected chi connectivity index (χ0v) is 41.8. The summed E-state index contributed by atoms with van der Waals surface area (Å²) in [6, 6.07) is 49.4. The van der Waals surface area contributed by atoms with E-state index in [0.717, 1.165) is 23.0 Å². The Hall–Kier alpha value is -6.00. The number of benzene rings is 7. The highest BCUT2D eigenvalue weighted by Gasteiger charge is 2.48. The molecule has 2 aliphatic heterocycles. The first-order valence-electron chi connectivity index (χ1n) is 25.0. The molecule has 1 aromatic heterocycles. The van der Waals surface area contributed by atoms with Gasteiger partial charge in [-0.1, -0.05) is 155 Å². The highest BCUT2D eigenvalue weighted by atomic mass is 16.3. The lowest BCUT2D eigenvalue weighted by Gasteiger charge is -2.48. The van der Waals surface area contributed by atoms with Crippen LogP contribution < -0.4 is 20.6 Å². The summed E-state index contributed by atoms with van der Waals surface area (Å²) in [4.78, 5) is 5.42. The Morgan fingerprint density at radius 1 is 0.522 bits per heavy atom. The van der Waals surface area contributed by atoms with Crippen molar-refractivity contribution in [3.05, 3.63) is 161 Å². The number of rotatable bonds is 3. The molecular formula is C63H65BN2O. The molecule has 0 unspecified atom stereocenters. The maximum atomic E-state index is 6.80. The fourth-order valence-corrected chi connectivity index (χ4v) is 12.7. The molecule has 12 rings (SSSR count). The smallest absolute Gasteiger partial charge is 0.333 e. The van der Waals surface area contributed by atoms with Crippen LogP contribution in [0.15, 0.2) is 132 Å². The number of hydrogen-bond acceptors (Lipinski definition) is 3. The number of anilines is 5. The van der Waals surface area contributed by atoms with Gasteiger partial charge in [0.15, 0.2) is 0 Å². The summed E-state index contributed by atoms with van der Waals surface area (Å²) in [7, 11) is 0. The lowest BCUT2D eigenvalue weighted by Crippen LogP contribution is -2.62. The van der Waals surface area contributed by atoms with Gasteiger partial charge in [-0.15, -0.1) is 0 Å². The molecular weight excluding hydrogens is 812 g/mol. The van der Waals surface area contributed by atoms with E-state index in [4.69, 9.17) is 4.42 Å². The number of hydrogen-bond donors (Lipinski definition) is 0. The Morgan fingerprint density at radius 2 is 1.16 bits per heavy atom. The van der Waals surface area contributed by atoms with Gasteiger partial charge in [-0.25, -0.2) is 0 Å². The molecule has 0 N–H and O–H groups in total. The quantitative estimate of drug-likeness (QED) is 0.165. The van der Waals surface area contributed by atoms with Crippen LogP contribution in [0.3, 0.4) is 0 Å². The molecule has 0 fully saturated rings. The number of furan rings is 1. The Morgan fingerprint density at radius 3 is 1.87 bits per heavy atom. The van der Waals surface area contributed by atoms with Crippen LogP contribution in [0.25, 0.3) is 44.2 Å². The fourth-order valence-electron chi connectivity index (χ4n) is 12.7. The summed E-state index contributed by atoms with van der Waals surface area (Å²) in [6.07, 6.45) is 4.69. The van der Waals surface area contributed by atoms with Crippen molar-refractivity contribution in [2.24, 2.45) is 0 Å². The van der Waals surface area contributed by atoms with E-state index in [-0.39, 0.29) is 33.9 Å². The van der Waals surface area contributed by atoms with Crippen molar-refractivity contribution in [3.8, 4) is 22.3 Å². The minimum atomic E-state index is -0.147. The third-order valence-electron chi connectivity index (χ3n) is 17.0. The van der Waals surface area contributed by atoms with Crippen LogP contribution >= 0.6 is 0 Å². The molecule has 0 bridgehead atoms. The van der Waals surface area contributed by atoms with Crippen molar-refractivity contribution in [1.29, 1.82) is 0 Å². The summed E-state index contributed by atoms with van der Waals surface area (Å²) in [5, 5.41) is 2.33. The van der Waals surface area contributed by atoms with E-state index in [1.54, 1.807) is 0 Å². The van der Waals surface area contributed by atoms with Crippen LogP contribution in [0.1, 0.15) is 135 Å². The Kier molecular flexibility index (Phi) is 8.87. The van der Waals surface area contributed by atoms with Gasteiger partial charge in [-0.3, -0.25) is 0 Å². The summed E-state index contributed by atoms with van der Waals surface area (Å²) < 4.78 is 6.80. The van der Waals surface area contributed by atoms with Gasteiger partial charge in [0.25, 0.3) is 0 Å². The van der Waals surface area contributed by atoms with Gasteiger partial charge in [0.05, 0.1) is 5.39 Å². The van der Waals surface area contributed by atoms with Gasteiger partial charge in [0.2, 0.25) is 0 Å². The van der Waals surface area contributed by atoms with E-state index < -0.39 is 0 Å². The molecule has 0 radical (unpaired) electrons. The van der Waals surface area contributed by atoms with Gasteiger partial charge < -0.3 is 14.1 Å². The van der Waals surface area contributed by atoms with Gasteiger partial charge in [0.1, 0.15) is 11.2 Å². The minimum Gasteiger partial charge on any atom is -0.456 e. The van der Waals surface area contributed by atoms with Gasteiger partial charge in [0, 0.05) is 39.4 Å². The summed E-state index contributed by atoms with van der Waals surface area (Å²) in [5.41, 5.74) is 24.5. The second kappa shape index (κ2) is 14.0.